The summed E-state index contributed by atoms with van der Waals surface area (Å²) in [6.07, 6.45) is 3.46. The summed E-state index contributed by atoms with van der Waals surface area (Å²) in [6, 6.07) is 10.9. The van der Waals surface area contributed by atoms with Crippen LogP contribution in [0.1, 0.15) is 11.1 Å². The molecule has 1 aromatic carbocycles. The Balaban J connectivity index is 1.67. The molecule has 0 N–H and O–H groups in total. The average molecular weight is 371 g/mol. The van der Waals surface area contributed by atoms with E-state index in [-0.39, 0.29) is 36.0 Å². The number of fused-ring (bicyclic) bond motifs is 1. The summed E-state index contributed by atoms with van der Waals surface area (Å²) in [4.78, 5) is 20.7. The molecule has 1 amide bonds. The van der Waals surface area contributed by atoms with E-state index < -0.39 is 9.84 Å². The number of carbonyl (C=O) groups excluding carboxylic acids is 1. The zero-order valence-electron chi connectivity index (χ0n) is 14.6. The molecule has 1 aromatic heterocycles. The first-order valence-corrected chi connectivity index (χ1v) is 10.5. The Morgan fingerprint density at radius 1 is 1.12 bits per heavy atom. The van der Waals surface area contributed by atoms with E-state index in [0.717, 1.165) is 16.8 Å². The molecule has 0 radical (unpaired) electrons. The molecule has 2 saturated heterocycles. The average Bonchev–Trinajstić information content (AvgIpc) is 2.92. The van der Waals surface area contributed by atoms with Gasteiger partial charge in [-0.05, 0) is 30.7 Å². The number of amides is 1. The lowest BCUT2D eigenvalue weighted by Gasteiger charge is -2.43. The highest BCUT2D eigenvalue weighted by atomic mass is 32.2. The van der Waals surface area contributed by atoms with Crippen molar-refractivity contribution in [1.82, 2.24) is 9.88 Å². The van der Waals surface area contributed by atoms with E-state index in [2.05, 4.69) is 4.98 Å². The smallest absolute Gasteiger partial charge is 0.241 e. The number of hydrogen-bond donors (Lipinski definition) is 0. The molecule has 7 heteroatoms. The van der Waals surface area contributed by atoms with Crippen molar-refractivity contribution in [1.29, 1.82) is 0 Å². The molecule has 0 spiro atoms. The van der Waals surface area contributed by atoms with Crippen molar-refractivity contribution in [3.8, 4) is 0 Å². The zero-order chi connectivity index (χ0) is 18.3. The minimum atomic E-state index is -3.18. The fraction of sp³-hybridized carbons (Fsp3) is 0.368. The first-order chi connectivity index (χ1) is 12.4. The lowest BCUT2D eigenvalue weighted by molar-refractivity contribution is -0.123. The lowest BCUT2D eigenvalue weighted by atomic mass is 10.0. The van der Waals surface area contributed by atoms with Crippen LogP contribution in [0.4, 0.5) is 5.69 Å². The minimum absolute atomic E-state index is 0.0147. The Kier molecular flexibility index (Phi) is 4.28. The molecule has 0 bridgehead atoms. The molecule has 0 unspecified atom stereocenters. The summed E-state index contributed by atoms with van der Waals surface area (Å²) in [5.74, 6) is 0.0464. The summed E-state index contributed by atoms with van der Waals surface area (Å²) < 4.78 is 24.7. The molecule has 2 fully saturated rings. The number of sulfone groups is 1. The van der Waals surface area contributed by atoms with Crippen LogP contribution in [0, 0.1) is 6.92 Å². The predicted molar refractivity (Wildman–Crippen MR) is 99.5 cm³/mol. The van der Waals surface area contributed by atoms with Crippen LogP contribution in [0.2, 0.25) is 0 Å². The zero-order valence-corrected chi connectivity index (χ0v) is 15.4. The van der Waals surface area contributed by atoms with Gasteiger partial charge in [0.1, 0.15) is 0 Å². The highest BCUT2D eigenvalue weighted by Gasteiger charge is 2.49. The van der Waals surface area contributed by atoms with Crippen molar-refractivity contribution in [3.05, 3.63) is 59.9 Å². The minimum Gasteiger partial charge on any atom is -0.306 e. The number of aromatic nitrogens is 1. The standard InChI is InChI=1S/C19H21N3O3S/c1-14-4-6-16(7-5-14)22-18-13-26(24,25)12-17(18)21(11-19(22)23)10-15-3-2-8-20-9-15/h2-9,17-18H,10-13H2,1H3/t17-,18+/m0/s1. The molecule has 2 atom stereocenters. The Morgan fingerprint density at radius 3 is 2.54 bits per heavy atom. The van der Waals surface area contributed by atoms with Crippen LogP contribution in [-0.2, 0) is 21.2 Å². The van der Waals surface area contributed by atoms with Gasteiger partial charge in [0, 0.05) is 30.7 Å². The van der Waals surface area contributed by atoms with E-state index in [1.165, 1.54) is 0 Å². The van der Waals surface area contributed by atoms with Gasteiger partial charge in [0.2, 0.25) is 5.91 Å². The number of piperazine rings is 1. The highest BCUT2D eigenvalue weighted by molar-refractivity contribution is 7.91. The largest absolute Gasteiger partial charge is 0.306 e. The van der Waals surface area contributed by atoms with E-state index in [1.54, 1.807) is 17.3 Å². The molecule has 4 rings (SSSR count). The van der Waals surface area contributed by atoms with E-state index in [4.69, 9.17) is 0 Å². The summed E-state index contributed by atoms with van der Waals surface area (Å²) >= 11 is 0. The van der Waals surface area contributed by atoms with E-state index in [9.17, 15) is 13.2 Å². The van der Waals surface area contributed by atoms with Crippen LogP contribution in [0.25, 0.3) is 0 Å². The van der Waals surface area contributed by atoms with Gasteiger partial charge in [0.25, 0.3) is 0 Å². The van der Waals surface area contributed by atoms with Crippen LogP contribution in [0.3, 0.4) is 0 Å². The highest BCUT2D eigenvalue weighted by Crippen LogP contribution is 2.32. The van der Waals surface area contributed by atoms with Crippen LogP contribution < -0.4 is 4.90 Å². The number of anilines is 1. The van der Waals surface area contributed by atoms with Crippen molar-refractivity contribution in [2.45, 2.75) is 25.6 Å². The van der Waals surface area contributed by atoms with Crippen LogP contribution in [0.5, 0.6) is 0 Å². The van der Waals surface area contributed by atoms with E-state index in [1.807, 2.05) is 48.2 Å². The maximum Gasteiger partial charge on any atom is 0.241 e. The van der Waals surface area contributed by atoms with Crippen LogP contribution in [-0.4, -0.2) is 54.3 Å². The summed E-state index contributed by atoms with van der Waals surface area (Å²) in [6.45, 7) is 2.72. The van der Waals surface area contributed by atoms with Crippen molar-refractivity contribution >= 4 is 21.4 Å². The second kappa shape index (κ2) is 6.48. The monoisotopic (exact) mass is 371 g/mol. The summed E-state index contributed by atoms with van der Waals surface area (Å²) in [5, 5.41) is 0. The van der Waals surface area contributed by atoms with Gasteiger partial charge in [-0.25, -0.2) is 8.42 Å². The number of carbonyl (C=O) groups is 1. The van der Waals surface area contributed by atoms with Gasteiger partial charge in [-0.15, -0.1) is 0 Å². The van der Waals surface area contributed by atoms with Gasteiger partial charge in [0.05, 0.1) is 24.1 Å². The number of hydrogen-bond acceptors (Lipinski definition) is 5. The third-order valence-electron chi connectivity index (χ3n) is 5.12. The topological polar surface area (TPSA) is 70.6 Å². The predicted octanol–water partition coefficient (Wildman–Crippen LogP) is 1.40. The van der Waals surface area contributed by atoms with Crippen molar-refractivity contribution in [3.63, 3.8) is 0 Å². The number of benzene rings is 1. The van der Waals surface area contributed by atoms with Gasteiger partial charge in [0.15, 0.2) is 9.84 Å². The fourth-order valence-corrected chi connectivity index (χ4v) is 5.88. The molecule has 136 valence electrons. The summed E-state index contributed by atoms with van der Waals surface area (Å²) in [5.41, 5.74) is 2.85. The molecule has 6 nitrogen and oxygen atoms in total. The van der Waals surface area contributed by atoms with Gasteiger partial charge in [-0.3, -0.25) is 14.7 Å². The Morgan fingerprint density at radius 2 is 1.85 bits per heavy atom. The molecule has 0 aliphatic carbocycles. The Hall–Kier alpha value is -2.25. The molecular weight excluding hydrogens is 350 g/mol. The molecular formula is C19H21N3O3S. The van der Waals surface area contributed by atoms with Crippen LogP contribution in [0.15, 0.2) is 48.8 Å². The molecule has 2 aromatic rings. The maximum absolute atomic E-state index is 12.9. The van der Waals surface area contributed by atoms with Crippen molar-refractivity contribution in [2.75, 3.05) is 23.0 Å². The van der Waals surface area contributed by atoms with Crippen molar-refractivity contribution in [2.24, 2.45) is 0 Å². The second-order valence-electron chi connectivity index (χ2n) is 7.08. The van der Waals surface area contributed by atoms with E-state index >= 15 is 0 Å². The SMILES string of the molecule is Cc1ccc(N2C(=O)CN(Cc3cccnc3)[C@H]3CS(=O)(=O)C[C@H]32)cc1. The van der Waals surface area contributed by atoms with Gasteiger partial charge < -0.3 is 4.90 Å². The van der Waals surface area contributed by atoms with Gasteiger partial charge in [-0.1, -0.05) is 23.8 Å². The van der Waals surface area contributed by atoms with E-state index in [0.29, 0.717) is 6.54 Å². The quantitative estimate of drug-likeness (QED) is 0.816. The molecule has 26 heavy (non-hydrogen) atoms. The Labute approximate surface area is 153 Å². The fourth-order valence-electron chi connectivity index (χ4n) is 3.90. The van der Waals surface area contributed by atoms with Gasteiger partial charge >= 0.3 is 0 Å². The van der Waals surface area contributed by atoms with Gasteiger partial charge in [-0.2, -0.15) is 0 Å². The number of nitrogens with zero attached hydrogens (tertiary/aromatic N) is 3. The molecule has 0 saturated carbocycles. The molecule has 2 aliphatic rings. The third-order valence-corrected chi connectivity index (χ3v) is 6.82. The van der Waals surface area contributed by atoms with Crippen LogP contribution >= 0.6 is 0 Å². The normalized spacial score (nSPS) is 25.3. The molecule has 3 heterocycles. The number of pyridine rings is 1. The Bertz CT molecular complexity index is 913. The number of rotatable bonds is 3. The second-order valence-corrected chi connectivity index (χ2v) is 9.23. The number of aryl methyl sites for hydroxylation is 1. The first-order valence-electron chi connectivity index (χ1n) is 8.65. The van der Waals surface area contributed by atoms with Crippen molar-refractivity contribution < 1.29 is 13.2 Å². The first kappa shape index (κ1) is 17.2. The lowest BCUT2D eigenvalue weighted by Crippen LogP contribution is -2.61. The maximum atomic E-state index is 12.9. The summed E-state index contributed by atoms with van der Waals surface area (Å²) in [7, 11) is -3.18. The molecule has 2 aliphatic heterocycles. The third kappa shape index (κ3) is 3.24.